The lowest BCUT2D eigenvalue weighted by Gasteiger charge is -2.38. The van der Waals surface area contributed by atoms with E-state index in [1.165, 1.54) is 5.56 Å². The Balaban J connectivity index is 1.90. The van der Waals surface area contributed by atoms with Gasteiger partial charge in [-0.2, -0.15) is 0 Å². The van der Waals surface area contributed by atoms with Crippen molar-refractivity contribution in [3.63, 3.8) is 0 Å². The topological polar surface area (TPSA) is 66.5 Å². The second-order valence-corrected chi connectivity index (χ2v) is 8.35. The van der Waals surface area contributed by atoms with Crippen molar-refractivity contribution in [2.24, 2.45) is 0 Å². The van der Waals surface area contributed by atoms with Crippen LogP contribution in [0.4, 0.5) is 5.69 Å². The van der Waals surface area contributed by atoms with E-state index in [1.54, 1.807) is 0 Å². The highest BCUT2D eigenvalue weighted by Crippen LogP contribution is 2.28. The number of piperazine rings is 1. The van der Waals surface area contributed by atoms with Crippen LogP contribution in [0.2, 0.25) is 0 Å². The second kappa shape index (κ2) is 5.02. The molecule has 5 nitrogen and oxygen atoms in total. The number of rotatable bonds is 2. The van der Waals surface area contributed by atoms with Gasteiger partial charge in [0.15, 0.2) is 9.84 Å². The quantitative estimate of drug-likeness (QED) is 0.882. The molecule has 2 aliphatic heterocycles. The van der Waals surface area contributed by atoms with Gasteiger partial charge in [-0.3, -0.25) is 4.79 Å². The summed E-state index contributed by atoms with van der Waals surface area (Å²) >= 11 is 0. The molecule has 6 heteroatoms. The maximum absolute atomic E-state index is 11.8. The van der Waals surface area contributed by atoms with Crippen LogP contribution in [-0.2, 0) is 14.6 Å². The standard InChI is InChI=1S/C15H20N2O3S/c1-10(2)11-3-5-12(6-4-11)17-7-15(18)16-13-8-21(19,20)9-14(13)17/h3-6,10,13-14H,7-9H2,1-2H3,(H,16,18)/t13-,14+/m1/s1. The Morgan fingerprint density at radius 2 is 1.86 bits per heavy atom. The second-order valence-electron chi connectivity index (χ2n) is 6.19. The van der Waals surface area contributed by atoms with Crippen molar-refractivity contribution >= 4 is 21.4 Å². The monoisotopic (exact) mass is 308 g/mol. The number of nitrogens with zero attached hydrogens (tertiary/aromatic N) is 1. The molecule has 0 unspecified atom stereocenters. The Bertz CT molecular complexity index is 652. The molecule has 0 aliphatic carbocycles. The van der Waals surface area contributed by atoms with E-state index in [2.05, 4.69) is 19.2 Å². The van der Waals surface area contributed by atoms with Gasteiger partial charge < -0.3 is 10.2 Å². The van der Waals surface area contributed by atoms with E-state index in [-0.39, 0.29) is 36.0 Å². The summed E-state index contributed by atoms with van der Waals surface area (Å²) in [5.74, 6) is 0.498. The van der Waals surface area contributed by atoms with Gasteiger partial charge in [0.1, 0.15) is 0 Å². The number of sulfone groups is 1. The highest BCUT2D eigenvalue weighted by Gasteiger charge is 2.45. The third-order valence-electron chi connectivity index (χ3n) is 4.27. The molecular formula is C15H20N2O3S. The molecule has 0 spiro atoms. The summed E-state index contributed by atoms with van der Waals surface area (Å²) in [6, 6.07) is 7.61. The van der Waals surface area contributed by atoms with Gasteiger partial charge in [-0.25, -0.2) is 8.42 Å². The van der Waals surface area contributed by atoms with Crippen LogP contribution in [0.25, 0.3) is 0 Å². The Kier molecular flexibility index (Phi) is 3.43. The molecule has 2 saturated heterocycles. The fourth-order valence-electron chi connectivity index (χ4n) is 3.13. The molecule has 114 valence electrons. The van der Waals surface area contributed by atoms with Crippen molar-refractivity contribution in [1.82, 2.24) is 5.32 Å². The number of amides is 1. The molecule has 1 amide bonds. The van der Waals surface area contributed by atoms with Crippen LogP contribution < -0.4 is 10.2 Å². The summed E-state index contributed by atoms with van der Waals surface area (Å²) in [5, 5.41) is 2.80. The molecule has 2 fully saturated rings. The van der Waals surface area contributed by atoms with Gasteiger partial charge in [0, 0.05) is 5.69 Å². The highest BCUT2D eigenvalue weighted by molar-refractivity contribution is 7.91. The van der Waals surface area contributed by atoms with E-state index in [1.807, 2.05) is 29.2 Å². The molecule has 1 aromatic rings. The van der Waals surface area contributed by atoms with Gasteiger partial charge in [0.05, 0.1) is 30.1 Å². The van der Waals surface area contributed by atoms with E-state index < -0.39 is 9.84 Å². The van der Waals surface area contributed by atoms with Gasteiger partial charge in [-0.15, -0.1) is 0 Å². The molecule has 0 saturated carbocycles. The summed E-state index contributed by atoms with van der Waals surface area (Å²) in [4.78, 5) is 13.8. The zero-order chi connectivity index (χ0) is 15.2. The average Bonchev–Trinajstić information content (AvgIpc) is 2.71. The molecule has 0 aromatic heterocycles. The Morgan fingerprint density at radius 1 is 1.19 bits per heavy atom. The van der Waals surface area contributed by atoms with E-state index in [9.17, 15) is 13.2 Å². The average molecular weight is 308 g/mol. The van der Waals surface area contributed by atoms with Crippen LogP contribution in [0.15, 0.2) is 24.3 Å². The molecule has 2 heterocycles. The molecule has 21 heavy (non-hydrogen) atoms. The maximum Gasteiger partial charge on any atom is 0.239 e. The number of carbonyl (C=O) groups excluding carboxylic acids is 1. The molecule has 0 radical (unpaired) electrons. The van der Waals surface area contributed by atoms with Gasteiger partial charge in [0.2, 0.25) is 5.91 Å². The van der Waals surface area contributed by atoms with Crippen molar-refractivity contribution in [2.75, 3.05) is 23.0 Å². The van der Waals surface area contributed by atoms with Gasteiger partial charge in [-0.1, -0.05) is 26.0 Å². The first-order valence-corrected chi connectivity index (χ1v) is 9.04. The largest absolute Gasteiger partial charge is 0.356 e. The van der Waals surface area contributed by atoms with Gasteiger partial charge in [-0.05, 0) is 23.6 Å². The lowest BCUT2D eigenvalue weighted by atomic mass is 10.0. The molecule has 1 aromatic carbocycles. The Hall–Kier alpha value is -1.56. The van der Waals surface area contributed by atoms with E-state index in [0.29, 0.717) is 5.92 Å². The van der Waals surface area contributed by atoms with Crippen LogP contribution in [0.1, 0.15) is 25.3 Å². The number of fused-ring (bicyclic) bond motifs is 1. The maximum atomic E-state index is 11.8. The minimum Gasteiger partial charge on any atom is -0.356 e. The summed E-state index contributed by atoms with van der Waals surface area (Å²) in [6.45, 7) is 4.48. The fraction of sp³-hybridized carbons (Fsp3) is 0.533. The molecule has 2 aliphatic rings. The van der Waals surface area contributed by atoms with Crippen molar-refractivity contribution in [3.05, 3.63) is 29.8 Å². The van der Waals surface area contributed by atoms with E-state index >= 15 is 0 Å². The van der Waals surface area contributed by atoms with Crippen LogP contribution in [0.3, 0.4) is 0 Å². The number of hydrogen-bond donors (Lipinski definition) is 1. The number of benzene rings is 1. The van der Waals surface area contributed by atoms with Crippen LogP contribution in [-0.4, -0.2) is 44.5 Å². The number of carbonyl (C=O) groups is 1. The minimum absolute atomic E-state index is 0.0456. The number of hydrogen-bond acceptors (Lipinski definition) is 4. The van der Waals surface area contributed by atoms with E-state index in [4.69, 9.17) is 0 Å². The lowest BCUT2D eigenvalue weighted by molar-refractivity contribution is -0.121. The first-order valence-electron chi connectivity index (χ1n) is 7.22. The summed E-state index contributed by atoms with van der Waals surface area (Å²) in [7, 11) is -3.07. The number of anilines is 1. The van der Waals surface area contributed by atoms with Crippen LogP contribution >= 0.6 is 0 Å². The zero-order valence-corrected chi connectivity index (χ0v) is 13.1. The summed E-state index contributed by atoms with van der Waals surface area (Å²) in [5.41, 5.74) is 2.15. The third-order valence-corrected chi connectivity index (χ3v) is 5.99. The smallest absolute Gasteiger partial charge is 0.239 e. The van der Waals surface area contributed by atoms with Gasteiger partial charge >= 0.3 is 0 Å². The van der Waals surface area contributed by atoms with Crippen LogP contribution in [0, 0.1) is 0 Å². The van der Waals surface area contributed by atoms with Crippen molar-refractivity contribution in [1.29, 1.82) is 0 Å². The van der Waals surface area contributed by atoms with E-state index in [0.717, 1.165) is 5.69 Å². The van der Waals surface area contributed by atoms with Crippen LogP contribution in [0.5, 0.6) is 0 Å². The first-order chi connectivity index (χ1) is 9.85. The summed E-state index contributed by atoms with van der Waals surface area (Å²) < 4.78 is 23.7. The first kappa shape index (κ1) is 14.4. The highest BCUT2D eigenvalue weighted by atomic mass is 32.2. The molecule has 2 atom stereocenters. The molecule has 0 bridgehead atoms. The molecule has 3 rings (SSSR count). The minimum atomic E-state index is -3.07. The zero-order valence-electron chi connectivity index (χ0n) is 12.2. The van der Waals surface area contributed by atoms with Crippen molar-refractivity contribution in [2.45, 2.75) is 31.8 Å². The predicted molar refractivity (Wildman–Crippen MR) is 82.2 cm³/mol. The van der Waals surface area contributed by atoms with Crippen molar-refractivity contribution < 1.29 is 13.2 Å². The van der Waals surface area contributed by atoms with Gasteiger partial charge in [0.25, 0.3) is 0 Å². The SMILES string of the molecule is CC(C)c1ccc(N2CC(=O)N[C@@H]3CS(=O)(=O)C[C@@H]32)cc1. The van der Waals surface area contributed by atoms with Crippen molar-refractivity contribution in [3.8, 4) is 0 Å². The molecule has 1 N–H and O–H groups in total. The normalized spacial score (nSPS) is 27.6. The Labute approximate surface area is 125 Å². The molecular weight excluding hydrogens is 288 g/mol. The predicted octanol–water partition coefficient (Wildman–Crippen LogP) is 0.912. The summed E-state index contributed by atoms with van der Waals surface area (Å²) in [6.07, 6.45) is 0. The lowest BCUT2D eigenvalue weighted by Crippen LogP contribution is -2.60. The third kappa shape index (κ3) is 2.77. The fourth-order valence-corrected chi connectivity index (χ4v) is 5.05. The number of nitrogens with one attached hydrogen (secondary N) is 1. The Morgan fingerprint density at radius 3 is 2.48 bits per heavy atom.